The first kappa shape index (κ1) is 11.5. The highest BCUT2D eigenvalue weighted by Crippen LogP contribution is 2.13. The van der Waals surface area contributed by atoms with Crippen LogP contribution in [0.25, 0.3) is 0 Å². The number of aromatic nitrogens is 3. The maximum Gasteiger partial charge on any atom is 0.324 e. The number of ether oxygens (including phenoxy) is 2. The lowest BCUT2D eigenvalue weighted by molar-refractivity contribution is 0.217. The van der Waals surface area contributed by atoms with Crippen LogP contribution in [0.1, 0.15) is 20.8 Å². The molecule has 0 unspecified atom stereocenters. The van der Waals surface area contributed by atoms with Gasteiger partial charge in [0.15, 0.2) is 0 Å². The number of hydrogen-bond acceptors (Lipinski definition) is 6. The largest absolute Gasteiger partial charge is 0.467 e. The van der Waals surface area contributed by atoms with Crippen molar-refractivity contribution < 1.29 is 9.47 Å². The van der Waals surface area contributed by atoms with Crippen LogP contribution in [0.3, 0.4) is 0 Å². The Balaban J connectivity index is 2.89. The quantitative estimate of drug-likeness (QED) is 0.788. The molecule has 0 bridgehead atoms. The van der Waals surface area contributed by atoms with Crippen molar-refractivity contribution in [3.05, 3.63) is 0 Å². The van der Waals surface area contributed by atoms with Crippen LogP contribution < -0.4 is 14.8 Å². The Morgan fingerprint density at radius 3 is 2.40 bits per heavy atom. The fourth-order valence-corrected chi connectivity index (χ4v) is 0.930. The summed E-state index contributed by atoms with van der Waals surface area (Å²) in [4.78, 5) is 12.1. The van der Waals surface area contributed by atoms with Gasteiger partial charge in [-0.2, -0.15) is 9.97 Å². The van der Waals surface area contributed by atoms with E-state index in [9.17, 15) is 0 Å². The third-order valence-electron chi connectivity index (χ3n) is 1.45. The van der Waals surface area contributed by atoms with Gasteiger partial charge < -0.3 is 14.8 Å². The predicted molar refractivity (Wildman–Crippen MR) is 56.3 cm³/mol. The molecule has 0 spiro atoms. The van der Waals surface area contributed by atoms with Gasteiger partial charge in [0.05, 0.1) is 13.2 Å². The SMILES string of the molecule is CCNc1nc(OC)nc(OC(C)C)n1. The van der Waals surface area contributed by atoms with E-state index in [1.54, 1.807) is 0 Å². The lowest BCUT2D eigenvalue weighted by atomic mass is 10.5. The van der Waals surface area contributed by atoms with Crippen molar-refractivity contribution in [2.45, 2.75) is 26.9 Å². The molecular weight excluding hydrogens is 196 g/mol. The number of hydrogen-bond donors (Lipinski definition) is 1. The summed E-state index contributed by atoms with van der Waals surface area (Å²) in [6, 6.07) is 0.518. The molecule has 1 heterocycles. The Hall–Kier alpha value is -1.59. The zero-order chi connectivity index (χ0) is 11.3. The van der Waals surface area contributed by atoms with Gasteiger partial charge in [-0.15, -0.1) is 4.98 Å². The number of rotatable bonds is 5. The molecule has 0 aromatic carbocycles. The summed E-state index contributed by atoms with van der Waals surface area (Å²) < 4.78 is 10.3. The molecule has 0 saturated carbocycles. The lowest BCUT2D eigenvalue weighted by Gasteiger charge is -2.09. The highest BCUT2D eigenvalue weighted by atomic mass is 16.5. The van der Waals surface area contributed by atoms with E-state index in [-0.39, 0.29) is 18.1 Å². The number of nitrogens with one attached hydrogen (secondary N) is 1. The van der Waals surface area contributed by atoms with E-state index >= 15 is 0 Å². The highest BCUT2D eigenvalue weighted by molar-refractivity contribution is 5.27. The first-order chi connectivity index (χ1) is 7.15. The Morgan fingerprint density at radius 2 is 1.87 bits per heavy atom. The van der Waals surface area contributed by atoms with Crippen LogP contribution in [0.15, 0.2) is 0 Å². The number of methoxy groups -OCH3 is 1. The maximum absolute atomic E-state index is 5.36. The van der Waals surface area contributed by atoms with E-state index in [1.807, 2.05) is 20.8 Å². The van der Waals surface area contributed by atoms with Crippen molar-refractivity contribution in [2.24, 2.45) is 0 Å². The Morgan fingerprint density at radius 1 is 1.20 bits per heavy atom. The summed E-state index contributed by atoms with van der Waals surface area (Å²) in [5, 5.41) is 2.97. The predicted octanol–water partition coefficient (Wildman–Crippen LogP) is 1.10. The van der Waals surface area contributed by atoms with Crippen LogP contribution in [-0.4, -0.2) is 34.7 Å². The van der Waals surface area contributed by atoms with Gasteiger partial charge in [0.1, 0.15) is 0 Å². The third kappa shape index (κ3) is 3.57. The highest BCUT2D eigenvalue weighted by Gasteiger charge is 2.08. The van der Waals surface area contributed by atoms with Gasteiger partial charge in [0, 0.05) is 6.54 Å². The van der Waals surface area contributed by atoms with Crippen LogP contribution in [0.2, 0.25) is 0 Å². The first-order valence-corrected chi connectivity index (χ1v) is 4.86. The summed E-state index contributed by atoms with van der Waals surface area (Å²) in [5.74, 6) is 0.458. The zero-order valence-corrected chi connectivity index (χ0v) is 9.44. The second-order valence-electron chi connectivity index (χ2n) is 3.13. The second kappa shape index (κ2) is 5.33. The van der Waals surface area contributed by atoms with E-state index in [0.717, 1.165) is 6.54 Å². The minimum Gasteiger partial charge on any atom is -0.467 e. The van der Waals surface area contributed by atoms with Crippen LogP contribution in [0.4, 0.5) is 5.95 Å². The summed E-state index contributed by atoms with van der Waals surface area (Å²) >= 11 is 0. The number of anilines is 1. The van der Waals surface area contributed by atoms with Gasteiger partial charge in [0.2, 0.25) is 5.95 Å². The van der Waals surface area contributed by atoms with Crippen molar-refractivity contribution in [2.75, 3.05) is 19.0 Å². The molecule has 1 rings (SSSR count). The molecular formula is C9H16N4O2. The van der Waals surface area contributed by atoms with E-state index in [1.165, 1.54) is 7.11 Å². The molecule has 0 aliphatic carbocycles. The van der Waals surface area contributed by atoms with Crippen molar-refractivity contribution in [1.29, 1.82) is 0 Å². The molecule has 0 radical (unpaired) electrons. The van der Waals surface area contributed by atoms with Gasteiger partial charge in [-0.1, -0.05) is 0 Å². The molecule has 6 nitrogen and oxygen atoms in total. The molecule has 1 aromatic rings. The monoisotopic (exact) mass is 212 g/mol. The van der Waals surface area contributed by atoms with E-state index in [2.05, 4.69) is 20.3 Å². The Kier molecular flexibility index (Phi) is 4.08. The van der Waals surface area contributed by atoms with Crippen LogP contribution in [-0.2, 0) is 0 Å². The number of nitrogens with zero attached hydrogens (tertiary/aromatic N) is 3. The topological polar surface area (TPSA) is 69.2 Å². The standard InChI is InChI=1S/C9H16N4O2/c1-5-10-7-11-8(14-4)13-9(12-7)15-6(2)3/h6H,5H2,1-4H3,(H,10,11,12,13). The molecule has 0 aliphatic rings. The first-order valence-electron chi connectivity index (χ1n) is 4.86. The molecule has 0 fully saturated rings. The molecule has 15 heavy (non-hydrogen) atoms. The average Bonchev–Trinajstić information content (AvgIpc) is 2.16. The van der Waals surface area contributed by atoms with E-state index in [4.69, 9.17) is 9.47 Å². The van der Waals surface area contributed by atoms with E-state index < -0.39 is 0 Å². The van der Waals surface area contributed by atoms with Crippen molar-refractivity contribution in [3.63, 3.8) is 0 Å². The van der Waals surface area contributed by atoms with Crippen LogP contribution >= 0.6 is 0 Å². The molecule has 6 heteroatoms. The van der Waals surface area contributed by atoms with Crippen molar-refractivity contribution >= 4 is 5.95 Å². The third-order valence-corrected chi connectivity index (χ3v) is 1.45. The Labute approximate surface area is 89.1 Å². The summed E-state index contributed by atoms with van der Waals surface area (Å²) in [6.45, 7) is 6.50. The van der Waals surface area contributed by atoms with Crippen molar-refractivity contribution in [3.8, 4) is 12.0 Å². The molecule has 1 aromatic heterocycles. The smallest absolute Gasteiger partial charge is 0.324 e. The maximum atomic E-state index is 5.36. The molecule has 0 saturated heterocycles. The molecule has 1 N–H and O–H groups in total. The summed E-state index contributed by atoms with van der Waals surface area (Å²) in [7, 11) is 1.50. The minimum atomic E-state index is 0.0200. The molecule has 0 amide bonds. The fraction of sp³-hybridized carbons (Fsp3) is 0.667. The van der Waals surface area contributed by atoms with Gasteiger partial charge in [-0.05, 0) is 20.8 Å². The lowest BCUT2D eigenvalue weighted by Crippen LogP contribution is -2.12. The van der Waals surface area contributed by atoms with E-state index in [0.29, 0.717) is 5.95 Å². The fourth-order valence-electron chi connectivity index (χ4n) is 0.930. The summed E-state index contributed by atoms with van der Waals surface area (Å²) in [5.41, 5.74) is 0. The van der Waals surface area contributed by atoms with Crippen LogP contribution in [0.5, 0.6) is 12.0 Å². The van der Waals surface area contributed by atoms with Gasteiger partial charge in [0.25, 0.3) is 0 Å². The molecule has 0 aliphatic heterocycles. The zero-order valence-electron chi connectivity index (χ0n) is 9.44. The van der Waals surface area contributed by atoms with Crippen molar-refractivity contribution in [1.82, 2.24) is 15.0 Å². The van der Waals surface area contributed by atoms with Crippen LogP contribution in [0, 0.1) is 0 Å². The normalized spacial score (nSPS) is 10.2. The molecule has 0 atom stereocenters. The second-order valence-corrected chi connectivity index (χ2v) is 3.13. The Bertz CT molecular complexity index is 317. The van der Waals surface area contributed by atoms with Gasteiger partial charge in [-0.25, -0.2) is 0 Å². The summed E-state index contributed by atoms with van der Waals surface area (Å²) in [6.07, 6.45) is 0.0200. The molecule has 84 valence electrons. The average molecular weight is 212 g/mol. The van der Waals surface area contributed by atoms with Gasteiger partial charge >= 0.3 is 12.0 Å². The minimum absolute atomic E-state index is 0.0200. The van der Waals surface area contributed by atoms with Gasteiger partial charge in [-0.3, -0.25) is 0 Å².